The Morgan fingerprint density at radius 3 is 2.35 bits per heavy atom. The molecule has 0 saturated heterocycles. The summed E-state index contributed by atoms with van der Waals surface area (Å²) in [5.41, 5.74) is 8.05. The van der Waals surface area contributed by atoms with Crippen molar-refractivity contribution in [2.75, 3.05) is 19.8 Å². The molecule has 96 valence electrons. The zero-order valence-corrected chi connectivity index (χ0v) is 11.0. The third-order valence-corrected chi connectivity index (χ3v) is 2.57. The first-order valence-electron chi connectivity index (χ1n) is 6.18. The van der Waals surface area contributed by atoms with E-state index in [-0.39, 0.29) is 6.10 Å². The second-order valence-electron chi connectivity index (χ2n) is 4.27. The van der Waals surface area contributed by atoms with Crippen molar-refractivity contribution in [2.45, 2.75) is 33.3 Å². The summed E-state index contributed by atoms with van der Waals surface area (Å²) in [6.07, 6.45) is 0.933. The molecule has 3 heteroatoms. The normalized spacial score (nSPS) is 12.5. The lowest BCUT2D eigenvalue weighted by molar-refractivity contribution is 0.0527. The largest absolute Gasteiger partial charge is 0.493 e. The van der Waals surface area contributed by atoms with Crippen LogP contribution in [0.3, 0.4) is 0 Å². The van der Waals surface area contributed by atoms with Gasteiger partial charge in [-0.1, -0.05) is 6.07 Å². The Hall–Kier alpha value is -1.06. The maximum Gasteiger partial charge on any atom is 0.119 e. The minimum absolute atomic E-state index is 0.103. The van der Waals surface area contributed by atoms with E-state index in [2.05, 4.69) is 19.9 Å². The smallest absolute Gasteiger partial charge is 0.119 e. The third-order valence-electron chi connectivity index (χ3n) is 2.57. The van der Waals surface area contributed by atoms with Gasteiger partial charge in [0.25, 0.3) is 0 Å². The van der Waals surface area contributed by atoms with E-state index in [1.54, 1.807) is 0 Å². The van der Waals surface area contributed by atoms with Crippen LogP contribution in [0.1, 0.15) is 24.5 Å². The van der Waals surface area contributed by atoms with Gasteiger partial charge in [0.1, 0.15) is 5.75 Å². The molecule has 0 aliphatic heterocycles. The van der Waals surface area contributed by atoms with Gasteiger partial charge in [0.05, 0.1) is 12.7 Å². The predicted molar refractivity (Wildman–Crippen MR) is 70.5 cm³/mol. The third kappa shape index (κ3) is 5.20. The second-order valence-corrected chi connectivity index (χ2v) is 4.27. The van der Waals surface area contributed by atoms with Crippen molar-refractivity contribution >= 4 is 0 Å². The molecule has 2 N–H and O–H groups in total. The Kier molecular flexibility index (Phi) is 6.01. The molecule has 0 spiro atoms. The molecule has 1 aromatic rings. The zero-order valence-electron chi connectivity index (χ0n) is 11.0. The second kappa shape index (κ2) is 7.30. The number of benzene rings is 1. The standard InChI is InChI=1S/C14H23NO2/c1-4-16-13(10-15)5-6-17-14-8-11(2)7-12(3)9-14/h7-9,13H,4-6,10,15H2,1-3H3. The molecule has 1 unspecified atom stereocenters. The summed E-state index contributed by atoms with van der Waals surface area (Å²) in [4.78, 5) is 0. The van der Waals surface area contributed by atoms with Gasteiger partial charge in [-0.25, -0.2) is 0 Å². The number of aryl methyl sites for hydroxylation is 2. The van der Waals surface area contributed by atoms with Crippen molar-refractivity contribution in [3.05, 3.63) is 29.3 Å². The van der Waals surface area contributed by atoms with Gasteiger partial charge in [-0.3, -0.25) is 0 Å². The maximum atomic E-state index is 5.71. The monoisotopic (exact) mass is 237 g/mol. The van der Waals surface area contributed by atoms with E-state index in [4.69, 9.17) is 15.2 Å². The molecule has 0 fully saturated rings. The maximum absolute atomic E-state index is 5.71. The first-order valence-corrected chi connectivity index (χ1v) is 6.18. The molecule has 1 rings (SSSR count). The molecule has 0 radical (unpaired) electrons. The number of nitrogens with two attached hydrogens (primary N) is 1. The van der Waals surface area contributed by atoms with Gasteiger partial charge < -0.3 is 15.2 Å². The lowest BCUT2D eigenvalue weighted by Gasteiger charge is -2.15. The molecule has 1 aromatic carbocycles. The van der Waals surface area contributed by atoms with Crippen LogP contribution in [0.2, 0.25) is 0 Å². The van der Waals surface area contributed by atoms with Crippen LogP contribution in [-0.4, -0.2) is 25.9 Å². The fourth-order valence-electron chi connectivity index (χ4n) is 1.83. The van der Waals surface area contributed by atoms with Crippen molar-refractivity contribution in [3.8, 4) is 5.75 Å². The van der Waals surface area contributed by atoms with Gasteiger partial charge in [-0.15, -0.1) is 0 Å². The van der Waals surface area contributed by atoms with Crippen molar-refractivity contribution in [1.82, 2.24) is 0 Å². The summed E-state index contributed by atoms with van der Waals surface area (Å²) in [7, 11) is 0. The van der Waals surface area contributed by atoms with Gasteiger partial charge in [0.15, 0.2) is 0 Å². The first-order chi connectivity index (χ1) is 8.15. The first kappa shape index (κ1) is 14.0. The average Bonchev–Trinajstić information content (AvgIpc) is 2.26. The van der Waals surface area contributed by atoms with Crippen molar-refractivity contribution in [1.29, 1.82) is 0 Å². The average molecular weight is 237 g/mol. The highest BCUT2D eigenvalue weighted by atomic mass is 16.5. The fourth-order valence-corrected chi connectivity index (χ4v) is 1.83. The fraction of sp³-hybridized carbons (Fsp3) is 0.571. The van der Waals surface area contributed by atoms with E-state index in [0.717, 1.165) is 12.2 Å². The Bertz CT molecular complexity index is 319. The van der Waals surface area contributed by atoms with Gasteiger partial charge in [-0.2, -0.15) is 0 Å². The van der Waals surface area contributed by atoms with Crippen LogP contribution >= 0.6 is 0 Å². The van der Waals surface area contributed by atoms with E-state index >= 15 is 0 Å². The van der Waals surface area contributed by atoms with E-state index in [1.807, 2.05) is 19.1 Å². The van der Waals surface area contributed by atoms with E-state index in [0.29, 0.717) is 19.8 Å². The number of hydrogen-bond donors (Lipinski definition) is 1. The minimum Gasteiger partial charge on any atom is -0.493 e. The summed E-state index contributed by atoms with van der Waals surface area (Å²) in [5, 5.41) is 0. The van der Waals surface area contributed by atoms with E-state index in [1.165, 1.54) is 11.1 Å². The molecule has 0 saturated carbocycles. The van der Waals surface area contributed by atoms with Gasteiger partial charge in [-0.05, 0) is 44.0 Å². The van der Waals surface area contributed by atoms with Crippen molar-refractivity contribution < 1.29 is 9.47 Å². The van der Waals surface area contributed by atoms with Crippen molar-refractivity contribution in [3.63, 3.8) is 0 Å². The lowest BCUT2D eigenvalue weighted by Crippen LogP contribution is -2.25. The molecule has 17 heavy (non-hydrogen) atoms. The molecular formula is C14H23NO2. The quantitative estimate of drug-likeness (QED) is 0.792. The highest BCUT2D eigenvalue weighted by Crippen LogP contribution is 2.16. The number of ether oxygens (including phenoxy) is 2. The van der Waals surface area contributed by atoms with Crippen LogP contribution < -0.4 is 10.5 Å². The highest BCUT2D eigenvalue weighted by Gasteiger charge is 2.06. The molecule has 0 aliphatic rings. The van der Waals surface area contributed by atoms with Crippen LogP contribution in [0.5, 0.6) is 5.75 Å². The molecule has 0 aliphatic carbocycles. The Labute approximate surface area is 104 Å². The Balaban J connectivity index is 2.39. The summed E-state index contributed by atoms with van der Waals surface area (Å²) in [6.45, 7) is 8.01. The predicted octanol–water partition coefficient (Wildman–Crippen LogP) is 2.44. The van der Waals surface area contributed by atoms with Crippen LogP contribution in [0, 0.1) is 13.8 Å². The van der Waals surface area contributed by atoms with Crippen LogP contribution in [0.15, 0.2) is 18.2 Å². The molecule has 0 aromatic heterocycles. The van der Waals surface area contributed by atoms with E-state index in [9.17, 15) is 0 Å². The number of hydrogen-bond acceptors (Lipinski definition) is 3. The molecule has 0 bridgehead atoms. The summed E-state index contributed by atoms with van der Waals surface area (Å²) in [5.74, 6) is 0.926. The Morgan fingerprint density at radius 2 is 1.82 bits per heavy atom. The van der Waals surface area contributed by atoms with Gasteiger partial charge in [0.2, 0.25) is 0 Å². The molecule has 0 heterocycles. The van der Waals surface area contributed by atoms with Crippen LogP contribution in [-0.2, 0) is 4.74 Å². The highest BCUT2D eigenvalue weighted by molar-refractivity contribution is 5.32. The molecule has 0 amide bonds. The summed E-state index contributed by atoms with van der Waals surface area (Å²) >= 11 is 0. The van der Waals surface area contributed by atoms with E-state index < -0.39 is 0 Å². The minimum atomic E-state index is 0.103. The van der Waals surface area contributed by atoms with Crippen LogP contribution in [0.4, 0.5) is 0 Å². The van der Waals surface area contributed by atoms with Crippen molar-refractivity contribution in [2.24, 2.45) is 5.73 Å². The van der Waals surface area contributed by atoms with Gasteiger partial charge in [0, 0.05) is 19.6 Å². The van der Waals surface area contributed by atoms with Gasteiger partial charge >= 0.3 is 0 Å². The molecule has 1 atom stereocenters. The Morgan fingerprint density at radius 1 is 1.18 bits per heavy atom. The molecule has 3 nitrogen and oxygen atoms in total. The summed E-state index contributed by atoms with van der Waals surface area (Å²) in [6, 6.07) is 6.23. The SMILES string of the molecule is CCOC(CN)CCOc1cc(C)cc(C)c1. The number of rotatable bonds is 7. The zero-order chi connectivity index (χ0) is 12.7. The topological polar surface area (TPSA) is 44.5 Å². The van der Waals surface area contributed by atoms with Crippen LogP contribution in [0.25, 0.3) is 0 Å². The molecular weight excluding hydrogens is 214 g/mol. The summed E-state index contributed by atoms with van der Waals surface area (Å²) < 4.78 is 11.2. The lowest BCUT2D eigenvalue weighted by atomic mass is 10.1.